The third kappa shape index (κ3) is 3.31. The van der Waals surface area contributed by atoms with Gasteiger partial charge in [0.15, 0.2) is 0 Å². The van der Waals surface area contributed by atoms with Gasteiger partial charge in [-0.25, -0.2) is 0 Å². The molecule has 1 aromatic rings. The van der Waals surface area contributed by atoms with Gasteiger partial charge in [-0.1, -0.05) is 11.6 Å². The number of hydrogen-bond donors (Lipinski definition) is 0. The molecule has 4 heteroatoms. The molecule has 0 aliphatic rings. The maximum Gasteiger partial charge on any atom is 0.0931 e. The van der Waals surface area contributed by atoms with Gasteiger partial charge in [0.05, 0.1) is 4.34 Å². The maximum atomic E-state index is 5.79. The standard InChI is InChI=1S/C8H11Cl2NS/c1-11(5-4-9)6-7-2-3-8(10)12-7/h2-3H,4-6H2,1H3. The highest BCUT2D eigenvalue weighted by Crippen LogP contribution is 2.22. The summed E-state index contributed by atoms with van der Waals surface area (Å²) in [6.07, 6.45) is 0. The zero-order valence-electron chi connectivity index (χ0n) is 6.89. The Morgan fingerprint density at radius 1 is 1.50 bits per heavy atom. The summed E-state index contributed by atoms with van der Waals surface area (Å²) in [5.41, 5.74) is 0. The lowest BCUT2D eigenvalue weighted by Gasteiger charge is -2.12. The normalized spacial score (nSPS) is 11.0. The van der Waals surface area contributed by atoms with Gasteiger partial charge in [0, 0.05) is 23.8 Å². The molecule has 1 aromatic heterocycles. The van der Waals surface area contributed by atoms with E-state index >= 15 is 0 Å². The second-order valence-corrected chi connectivity index (χ2v) is 4.81. The first-order valence-electron chi connectivity index (χ1n) is 3.71. The highest BCUT2D eigenvalue weighted by Gasteiger charge is 2.01. The van der Waals surface area contributed by atoms with Gasteiger partial charge in [-0.3, -0.25) is 0 Å². The summed E-state index contributed by atoms with van der Waals surface area (Å²) in [6.45, 7) is 1.85. The van der Waals surface area contributed by atoms with E-state index in [1.165, 1.54) is 4.88 Å². The summed E-state index contributed by atoms with van der Waals surface area (Å²) in [5, 5.41) is 0. The van der Waals surface area contributed by atoms with Crippen LogP contribution < -0.4 is 0 Å². The summed E-state index contributed by atoms with van der Waals surface area (Å²) in [7, 11) is 2.05. The van der Waals surface area contributed by atoms with E-state index in [1.807, 2.05) is 6.07 Å². The predicted octanol–water partition coefficient (Wildman–Crippen LogP) is 3.07. The molecule has 0 bridgehead atoms. The Bertz CT molecular complexity index is 237. The molecule has 0 saturated heterocycles. The first-order chi connectivity index (χ1) is 5.72. The molecular formula is C8H11Cl2NS. The van der Waals surface area contributed by atoms with Crippen molar-refractivity contribution in [2.24, 2.45) is 0 Å². The van der Waals surface area contributed by atoms with Gasteiger partial charge in [0.2, 0.25) is 0 Å². The Hall–Kier alpha value is 0.240. The maximum absolute atomic E-state index is 5.79. The number of hydrogen-bond acceptors (Lipinski definition) is 2. The molecule has 0 aliphatic carbocycles. The zero-order chi connectivity index (χ0) is 8.97. The van der Waals surface area contributed by atoms with Crippen LogP contribution in [0.4, 0.5) is 0 Å². The minimum absolute atomic E-state index is 0.676. The van der Waals surface area contributed by atoms with Crippen molar-refractivity contribution in [1.82, 2.24) is 4.90 Å². The molecule has 0 N–H and O–H groups in total. The van der Waals surface area contributed by atoms with Crippen molar-refractivity contribution >= 4 is 34.5 Å². The smallest absolute Gasteiger partial charge is 0.0931 e. The Labute approximate surface area is 86.9 Å². The minimum atomic E-state index is 0.676. The van der Waals surface area contributed by atoms with Crippen molar-refractivity contribution < 1.29 is 0 Å². The van der Waals surface area contributed by atoms with E-state index in [9.17, 15) is 0 Å². The fourth-order valence-electron chi connectivity index (χ4n) is 0.926. The van der Waals surface area contributed by atoms with Crippen molar-refractivity contribution in [2.45, 2.75) is 6.54 Å². The Kier molecular flexibility index (Phi) is 4.36. The molecule has 1 heterocycles. The molecule has 0 aliphatic heterocycles. The third-order valence-electron chi connectivity index (χ3n) is 1.52. The average Bonchev–Trinajstić information content (AvgIpc) is 2.36. The SMILES string of the molecule is CN(CCCl)Cc1ccc(Cl)s1. The second-order valence-electron chi connectivity index (χ2n) is 2.63. The van der Waals surface area contributed by atoms with Crippen LogP contribution in [-0.2, 0) is 6.54 Å². The number of nitrogens with zero attached hydrogens (tertiary/aromatic N) is 1. The van der Waals surface area contributed by atoms with Crippen LogP contribution in [-0.4, -0.2) is 24.4 Å². The molecule has 0 atom stereocenters. The van der Waals surface area contributed by atoms with Crippen LogP contribution in [0, 0.1) is 0 Å². The highest BCUT2D eigenvalue weighted by atomic mass is 35.5. The van der Waals surface area contributed by atoms with Crippen LogP contribution in [0.3, 0.4) is 0 Å². The predicted molar refractivity (Wildman–Crippen MR) is 56.4 cm³/mol. The van der Waals surface area contributed by atoms with Crippen LogP contribution in [0.2, 0.25) is 4.34 Å². The van der Waals surface area contributed by atoms with Crippen molar-refractivity contribution in [3.63, 3.8) is 0 Å². The van der Waals surface area contributed by atoms with E-state index in [0.29, 0.717) is 5.88 Å². The van der Waals surface area contributed by atoms with Gasteiger partial charge < -0.3 is 4.90 Å². The lowest BCUT2D eigenvalue weighted by molar-refractivity contribution is 0.351. The van der Waals surface area contributed by atoms with E-state index in [-0.39, 0.29) is 0 Å². The average molecular weight is 224 g/mol. The Morgan fingerprint density at radius 3 is 2.75 bits per heavy atom. The number of halogens is 2. The van der Waals surface area contributed by atoms with E-state index in [2.05, 4.69) is 18.0 Å². The van der Waals surface area contributed by atoms with E-state index in [1.54, 1.807) is 11.3 Å². The van der Waals surface area contributed by atoms with Crippen molar-refractivity contribution in [1.29, 1.82) is 0 Å². The Morgan fingerprint density at radius 2 is 2.25 bits per heavy atom. The molecular weight excluding hydrogens is 213 g/mol. The lowest BCUT2D eigenvalue weighted by atomic mass is 10.4. The number of rotatable bonds is 4. The molecule has 0 saturated carbocycles. The topological polar surface area (TPSA) is 3.24 Å². The first-order valence-corrected chi connectivity index (χ1v) is 5.44. The molecule has 0 unspecified atom stereocenters. The van der Waals surface area contributed by atoms with Crippen LogP contribution in [0.15, 0.2) is 12.1 Å². The van der Waals surface area contributed by atoms with Crippen LogP contribution in [0.1, 0.15) is 4.88 Å². The fourth-order valence-corrected chi connectivity index (χ4v) is 2.38. The van der Waals surface area contributed by atoms with Crippen molar-refractivity contribution in [2.75, 3.05) is 19.5 Å². The summed E-state index contributed by atoms with van der Waals surface area (Å²) in [4.78, 5) is 3.46. The van der Waals surface area contributed by atoms with E-state index < -0.39 is 0 Å². The van der Waals surface area contributed by atoms with Gasteiger partial charge in [-0.2, -0.15) is 0 Å². The fraction of sp³-hybridized carbons (Fsp3) is 0.500. The van der Waals surface area contributed by atoms with Crippen LogP contribution in [0.25, 0.3) is 0 Å². The molecule has 12 heavy (non-hydrogen) atoms. The monoisotopic (exact) mass is 223 g/mol. The summed E-state index contributed by atoms with van der Waals surface area (Å²) >= 11 is 13.0. The van der Waals surface area contributed by atoms with Crippen molar-refractivity contribution in [3.05, 3.63) is 21.3 Å². The summed E-state index contributed by atoms with van der Waals surface area (Å²) in [6, 6.07) is 3.98. The van der Waals surface area contributed by atoms with Crippen LogP contribution >= 0.6 is 34.5 Å². The van der Waals surface area contributed by atoms with Crippen LogP contribution in [0.5, 0.6) is 0 Å². The molecule has 0 fully saturated rings. The zero-order valence-corrected chi connectivity index (χ0v) is 9.22. The Balaban J connectivity index is 2.41. The minimum Gasteiger partial charge on any atom is -0.300 e. The molecule has 0 spiro atoms. The first kappa shape index (κ1) is 10.3. The highest BCUT2D eigenvalue weighted by molar-refractivity contribution is 7.16. The lowest BCUT2D eigenvalue weighted by Crippen LogP contribution is -2.19. The third-order valence-corrected chi connectivity index (χ3v) is 2.91. The number of thiophene rings is 1. The summed E-state index contributed by atoms with van der Waals surface area (Å²) in [5.74, 6) is 0.676. The van der Waals surface area contributed by atoms with Crippen molar-refractivity contribution in [3.8, 4) is 0 Å². The molecule has 68 valence electrons. The molecule has 0 radical (unpaired) electrons. The molecule has 1 nitrogen and oxygen atoms in total. The number of alkyl halides is 1. The molecule has 0 aromatic carbocycles. The summed E-state index contributed by atoms with van der Waals surface area (Å²) < 4.78 is 0.851. The van der Waals surface area contributed by atoms with Gasteiger partial charge in [0.1, 0.15) is 0 Å². The van der Waals surface area contributed by atoms with Gasteiger partial charge >= 0.3 is 0 Å². The van der Waals surface area contributed by atoms with Gasteiger partial charge in [-0.05, 0) is 19.2 Å². The largest absolute Gasteiger partial charge is 0.300 e. The second kappa shape index (κ2) is 5.07. The quantitative estimate of drug-likeness (QED) is 0.710. The van der Waals surface area contributed by atoms with Gasteiger partial charge in [0.25, 0.3) is 0 Å². The van der Waals surface area contributed by atoms with E-state index in [0.717, 1.165) is 17.4 Å². The van der Waals surface area contributed by atoms with E-state index in [4.69, 9.17) is 23.2 Å². The van der Waals surface area contributed by atoms with Gasteiger partial charge in [-0.15, -0.1) is 22.9 Å². The molecule has 0 amide bonds. The molecule has 1 rings (SSSR count).